The van der Waals surface area contributed by atoms with Crippen molar-refractivity contribution in [2.45, 2.75) is 6.92 Å². The predicted octanol–water partition coefficient (Wildman–Crippen LogP) is 3.27. The Kier molecular flexibility index (Phi) is 3.66. The van der Waals surface area contributed by atoms with Crippen LogP contribution >= 0.6 is 11.3 Å². The summed E-state index contributed by atoms with van der Waals surface area (Å²) >= 11 is 1.06. The number of benzene rings is 1. The lowest BCUT2D eigenvalue weighted by atomic mass is 10.2. The minimum absolute atomic E-state index is 0.0375. The van der Waals surface area contributed by atoms with E-state index in [1.807, 2.05) is 0 Å². The molecule has 0 fully saturated rings. The van der Waals surface area contributed by atoms with Crippen LogP contribution in [0.4, 0.5) is 8.78 Å². The Bertz CT molecular complexity index is 583. The minimum atomic E-state index is -0.970. The van der Waals surface area contributed by atoms with Gasteiger partial charge in [-0.2, -0.15) is 0 Å². The van der Waals surface area contributed by atoms with Crippen LogP contribution in [0.1, 0.15) is 17.4 Å². The highest BCUT2D eigenvalue weighted by molar-refractivity contribution is 7.13. The first-order valence-corrected chi connectivity index (χ1v) is 6.08. The van der Waals surface area contributed by atoms with Gasteiger partial charge in [0, 0.05) is 10.9 Å². The number of thiazole rings is 1. The van der Waals surface area contributed by atoms with Gasteiger partial charge in [-0.3, -0.25) is 0 Å². The molecule has 0 radical (unpaired) electrons. The number of nitrogens with zero attached hydrogens (tertiary/aromatic N) is 1. The van der Waals surface area contributed by atoms with E-state index < -0.39 is 17.6 Å². The number of hydrogen-bond donors (Lipinski definition) is 0. The molecule has 94 valence electrons. The summed E-state index contributed by atoms with van der Waals surface area (Å²) in [6.45, 7) is 1.91. The van der Waals surface area contributed by atoms with Gasteiger partial charge in [-0.25, -0.2) is 18.6 Å². The van der Waals surface area contributed by atoms with Gasteiger partial charge in [-0.15, -0.1) is 11.3 Å². The molecule has 0 aliphatic carbocycles. The van der Waals surface area contributed by atoms with Crippen molar-refractivity contribution >= 4 is 17.3 Å². The molecule has 1 aromatic heterocycles. The van der Waals surface area contributed by atoms with E-state index in [0.29, 0.717) is 0 Å². The van der Waals surface area contributed by atoms with E-state index in [0.717, 1.165) is 17.4 Å². The zero-order valence-corrected chi connectivity index (χ0v) is 10.3. The number of carbonyl (C=O) groups excluding carboxylic acids is 1. The fourth-order valence-electron chi connectivity index (χ4n) is 1.37. The van der Waals surface area contributed by atoms with Crippen molar-refractivity contribution in [1.82, 2.24) is 4.98 Å². The van der Waals surface area contributed by atoms with Crippen LogP contribution in [-0.2, 0) is 4.74 Å². The molecule has 2 aromatic rings. The summed E-state index contributed by atoms with van der Waals surface area (Å²) in [5.74, 6) is -2.49. The van der Waals surface area contributed by atoms with Crippen LogP contribution in [0.25, 0.3) is 10.6 Å². The molecule has 0 aliphatic rings. The zero-order chi connectivity index (χ0) is 13.1. The fourth-order valence-corrected chi connectivity index (χ4v) is 2.17. The summed E-state index contributed by atoms with van der Waals surface area (Å²) in [6, 6.07) is 3.82. The van der Waals surface area contributed by atoms with Gasteiger partial charge in [-0.05, 0) is 19.1 Å². The van der Waals surface area contributed by atoms with Gasteiger partial charge >= 0.3 is 5.97 Å². The van der Waals surface area contributed by atoms with Crippen molar-refractivity contribution in [3.63, 3.8) is 0 Å². The Labute approximate surface area is 106 Å². The van der Waals surface area contributed by atoms with Crippen LogP contribution in [0.3, 0.4) is 0 Å². The molecule has 2 rings (SSSR count). The summed E-state index contributed by atoms with van der Waals surface area (Å²) < 4.78 is 31.4. The van der Waals surface area contributed by atoms with Crippen molar-refractivity contribution < 1.29 is 18.3 Å². The second-order valence-corrected chi connectivity index (χ2v) is 4.22. The van der Waals surface area contributed by atoms with Gasteiger partial charge in [0.15, 0.2) is 17.3 Å². The lowest BCUT2D eigenvalue weighted by Gasteiger charge is -1.99. The van der Waals surface area contributed by atoms with Crippen LogP contribution in [0.2, 0.25) is 0 Å². The first kappa shape index (κ1) is 12.6. The Balaban J connectivity index is 2.35. The molecule has 0 spiro atoms. The van der Waals surface area contributed by atoms with Crippen LogP contribution in [0, 0.1) is 11.6 Å². The topological polar surface area (TPSA) is 39.2 Å². The Morgan fingerprint density at radius 3 is 2.94 bits per heavy atom. The number of aromatic nitrogens is 1. The second-order valence-electron chi connectivity index (χ2n) is 3.36. The molecule has 1 aromatic carbocycles. The monoisotopic (exact) mass is 269 g/mol. The quantitative estimate of drug-likeness (QED) is 0.803. The molecular weight excluding hydrogens is 260 g/mol. The number of carbonyl (C=O) groups is 1. The van der Waals surface area contributed by atoms with Crippen molar-refractivity contribution in [2.24, 2.45) is 0 Å². The Morgan fingerprint density at radius 2 is 2.22 bits per heavy atom. The SMILES string of the molecule is CCOC(=O)c1csc(-c2cccc(F)c2F)n1. The highest BCUT2D eigenvalue weighted by Crippen LogP contribution is 2.27. The Morgan fingerprint density at radius 1 is 1.44 bits per heavy atom. The van der Waals surface area contributed by atoms with Crippen LogP contribution < -0.4 is 0 Å². The van der Waals surface area contributed by atoms with Crippen LogP contribution in [-0.4, -0.2) is 17.6 Å². The maximum atomic E-state index is 13.5. The van der Waals surface area contributed by atoms with Crippen molar-refractivity contribution in [3.05, 3.63) is 40.9 Å². The largest absolute Gasteiger partial charge is 0.461 e. The molecule has 0 unspecified atom stereocenters. The molecule has 0 bridgehead atoms. The zero-order valence-electron chi connectivity index (χ0n) is 9.44. The van der Waals surface area contributed by atoms with E-state index >= 15 is 0 Å². The van der Waals surface area contributed by atoms with Crippen LogP contribution in [0.15, 0.2) is 23.6 Å². The molecule has 18 heavy (non-hydrogen) atoms. The average Bonchev–Trinajstić information content (AvgIpc) is 2.82. The normalized spacial score (nSPS) is 10.4. The summed E-state index contributed by atoms with van der Waals surface area (Å²) in [5.41, 5.74) is 0.135. The number of ether oxygens (including phenoxy) is 1. The third-order valence-electron chi connectivity index (χ3n) is 2.17. The second kappa shape index (κ2) is 5.22. The fraction of sp³-hybridized carbons (Fsp3) is 0.167. The molecule has 0 aliphatic heterocycles. The average molecular weight is 269 g/mol. The van der Waals surface area contributed by atoms with Gasteiger partial charge in [-0.1, -0.05) is 6.07 Å². The van der Waals surface area contributed by atoms with E-state index in [1.165, 1.54) is 17.5 Å². The van der Waals surface area contributed by atoms with Crippen LogP contribution in [0.5, 0.6) is 0 Å². The van der Waals surface area contributed by atoms with Gasteiger partial charge in [0.1, 0.15) is 5.01 Å². The third-order valence-corrected chi connectivity index (χ3v) is 3.05. The molecule has 1 heterocycles. The van der Waals surface area contributed by atoms with Gasteiger partial charge < -0.3 is 4.74 Å². The highest BCUT2D eigenvalue weighted by atomic mass is 32.1. The summed E-state index contributed by atoms with van der Waals surface area (Å²) in [6.07, 6.45) is 0. The maximum absolute atomic E-state index is 13.5. The molecule has 6 heteroatoms. The van der Waals surface area contributed by atoms with E-state index in [9.17, 15) is 13.6 Å². The van der Waals surface area contributed by atoms with E-state index in [1.54, 1.807) is 6.92 Å². The maximum Gasteiger partial charge on any atom is 0.357 e. The highest BCUT2D eigenvalue weighted by Gasteiger charge is 2.16. The molecule has 3 nitrogen and oxygen atoms in total. The van der Waals surface area contributed by atoms with E-state index in [2.05, 4.69) is 4.98 Å². The van der Waals surface area contributed by atoms with Crippen molar-refractivity contribution in [2.75, 3.05) is 6.61 Å². The van der Waals surface area contributed by atoms with Crippen molar-refractivity contribution in [1.29, 1.82) is 0 Å². The predicted molar refractivity (Wildman–Crippen MR) is 63.4 cm³/mol. The smallest absolute Gasteiger partial charge is 0.357 e. The molecule has 0 N–H and O–H groups in total. The number of esters is 1. The Hall–Kier alpha value is -1.82. The lowest BCUT2D eigenvalue weighted by Crippen LogP contribution is -2.04. The standard InChI is InChI=1S/C12H9F2NO2S/c1-2-17-12(16)9-6-18-11(15-9)7-4-3-5-8(13)10(7)14/h3-6H,2H2,1H3. The minimum Gasteiger partial charge on any atom is -0.461 e. The van der Waals surface area contributed by atoms with Gasteiger partial charge in [0.05, 0.1) is 6.61 Å². The van der Waals surface area contributed by atoms with Gasteiger partial charge in [0.2, 0.25) is 0 Å². The summed E-state index contributed by atoms with van der Waals surface area (Å²) in [7, 11) is 0. The number of halogens is 2. The molecule has 0 saturated heterocycles. The molecule has 0 amide bonds. The third kappa shape index (κ3) is 2.38. The first-order chi connectivity index (χ1) is 8.63. The molecular formula is C12H9F2NO2S. The van der Waals surface area contributed by atoms with E-state index in [4.69, 9.17) is 4.74 Å². The summed E-state index contributed by atoms with van der Waals surface area (Å²) in [4.78, 5) is 15.3. The summed E-state index contributed by atoms with van der Waals surface area (Å²) in [5, 5.41) is 1.70. The van der Waals surface area contributed by atoms with E-state index in [-0.39, 0.29) is 22.9 Å². The molecule has 0 atom stereocenters. The van der Waals surface area contributed by atoms with Crippen molar-refractivity contribution in [3.8, 4) is 10.6 Å². The lowest BCUT2D eigenvalue weighted by molar-refractivity contribution is 0.0520. The van der Waals surface area contributed by atoms with Gasteiger partial charge in [0.25, 0.3) is 0 Å². The molecule has 0 saturated carbocycles. The number of hydrogen-bond acceptors (Lipinski definition) is 4. The first-order valence-electron chi connectivity index (χ1n) is 5.20. The number of rotatable bonds is 3.